The minimum atomic E-state index is -0.940. The summed E-state index contributed by atoms with van der Waals surface area (Å²) < 4.78 is 0. The molecule has 0 bridgehead atoms. The molecule has 1 aromatic rings. The maximum atomic E-state index is 13.0. The van der Waals surface area contributed by atoms with Crippen molar-refractivity contribution in [2.24, 2.45) is 11.1 Å². The third kappa shape index (κ3) is 3.54. The molecule has 8 heteroatoms. The molecule has 8 nitrogen and oxygen atoms in total. The second-order valence-electron chi connectivity index (χ2n) is 9.15. The van der Waals surface area contributed by atoms with Crippen LogP contribution in [0.4, 0.5) is 0 Å². The van der Waals surface area contributed by atoms with Crippen molar-refractivity contribution < 1.29 is 19.2 Å². The van der Waals surface area contributed by atoms with E-state index in [0.717, 1.165) is 36.3 Å². The lowest BCUT2D eigenvalue weighted by molar-refractivity contribution is -0.136. The van der Waals surface area contributed by atoms with Crippen molar-refractivity contribution in [3.63, 3.8) is 0 Å². The minimum absolute atomic E-state index is 0.0832. The summed E-state index contributed by atoms with van der Waals surface area (Å²) in [7, 11) is 2.03. The smallest absolute Gasteiger partial charge is 0.262 e. The Morgan fingerprint density at radius 2 is 1.90 bits per heavy atom. The number of hydrogen-bond acceptors (Lipinski definition) is 6. The fourth-order valence-electron chi connectivity index (χ4n) is 5.06. The van der Waals surface area contributed by atoms with Gasteiger partial charge < -0.3 is 10.6 Å². The lowest BCUT2D eigenvalue weighted by Gasteiger charge is -2.33. The highest BCUT2D eigenvalue weighted by Gasteiger charge is 2.44. The van der Waals surface area contributed by atoms with Crippen LogP contribution in [0.2, 0.25) is 0 Å². The van der Waals surface area contributed by atoms with Gasteiger partial charge in [0.1, 0.15) is 6.04 Å². The van der Waals surface area contributed by atoms with Gasteiger partial charge in [0, 0.05) is 25.6 Å². The maximum absolute atomic E-state index is 13.0. The van der Waals surface area contributed by atoms with Crippen LogP contribution < -0.4 is 11.1 Å². The Hall–Kier alpha value is -2.58. The summed E-state index contributed by atoms with van der Waals surface area (Å²) in [5, 5.41) is 2.21. The Bertz CT molecular complexity index is 930. The molecule has 1 aliphatic carbocycles. The van der Waals surface area contributed by atoms with Crippen LogP contribution in [0.1, 0.15) is 65.3 Å². The van der Waals surface area contributed by atoms with Gasteiger partial charge in [-0.25, -0.2) is 0 Å². The van der Waals surface area contributed by atoms with E-state index in [0.29, 0.717) is 17.7 Å². The van der Waals surface area contributed by atoms with Crippen LogP contribution in [-0.2, 0) is 16.1 Å². The molecule has 1 aromatic carbocycles. The van der Waals surface area contributed by atoms with Crippen molar-refractivity contribution in [3.05, 3.63) is 34.9 Å². The summed E-state index contributed by atoms with van der Waals surface area (Å²) in [4.78, 5) is 52.5. The molecule has 160 valence electrons. The zero-order valence-electron chi connectivity index (χ0n) is 17.4. The molecule has 2 heterocycles. The Kier molecular flexibility index (Phi) is 5.23. The van der Waals surface area contributed by atoms with Gasteiger partial charge in [-0.3, -0.25) is 29.4 Å². The van der Waals surface area contributed by atoms with E-state index in [4.69, 9.17) is 5.73 Å². The molecule has 1 unspecified atom stereocenters. The third-order valence-electron chi connectivity index (χ3n) is 6.75. The van der Waals surface area contributed by atoms with Gasteiger partial charge in [-0.2, -0.15) is 0 Å². The number of carbonyl (C=O) groups is 4. The number of carbonyl (C=O) groups excluding carboxylic acids is 4. The Morgan fingerprint density at radius 1 is 1.17 bits per heavy atom. The molecule has 3 atom stereocenters. The molecular formula is C22H28N4O4. The SMILES string of the molecule is CN(Cc1ccc2c(c1)C(=O)N(C1CCC(=O)NC1=O)C2=O)C[C@@]1(C)CCC[C@@H]1N. The van der Waals surface area contributed by atoms with E-state index in [2.05, 4.69) is 17.1 Å². The number of fused-ring (bicyclic) bond motifs is 1. The van der Waals surface area contributed by atoms with Gasteiger partial charge >= 0.3 is 0 Å². The molecule has 30 heavy (non-hydrogen) atoms. The average Bonchev–Trinajstić information content (AvgIpc) is 3.12. The van der Waals surface area contributed by atoms with Gasteiger partial charge in [0.15, 0.2) is 0 Å². The lowest BCUT2D eigenvalue weighted by Crippen LogP contribution is -2.54. The first kappa shape index (κ1) is 20.7. The summed E-state index contributed by atoms with van der Waals surface area (Å²) in [6.45, 7) is 3.72. The number of nitrogens with one attached hydrogen (secondary N) is 1. The largest absolute Gasteiger partial charge is 0.327 e. The zero-order valence-corrected chi connectivity index (χ0v) is 17.4. The first-order chi connectivity index (χ1) is 14.2. The molecule has 0 radical (unpaired) electrons. The van der Waals surface area contributed by atoms with E-state index < -0.39 is 23.8 Å². The maximum Gasteiger partial charge on any atom is 0.262 e. The summed E-state index contributed by atoms with van der Waals surface area (Å²) in [5.74, 6) is -1.93. The molecule has 3 N–H and O–H groups in total. The van der Waals surface area contributed by atoms with Crippen LogP contribution in [0.15, 0.2) is 18.2 Å². The van der Waals surface area contributed by atoms with Crippen molar-refractivity contribution >= 4 is 23.6 Å². The van der Waals surface area contributed by atoms with Crippen LogP contribution >= 0.6 is 0 Å². The molecule has 1 saturated heterocycles. The number of rotatable bonds is 5. The second kappa shape index (κ2) is 7.59. The van der Waals surface area contributed by atoms with Crippen molar-refractivity contribution in [2.45, 2.75) is 57.7 Å². The highest BCUT2D eigenvalue weighted by Crippen LogP contribution is 2.37. The van der Waals surface area contributed by atoms with Crippen molar-refractivity contribution in [1.29, 1.82) is 0 Å². The number of nitrogens with zero attached hydrogens (tertiary/aromatic N) is 2. The van der Waals surface area contributed by atoms with Crippen LogP contribution in [0, 0.1) is 5.41 Å². The van der Waals surface area contributed by atoms with Crippen LogP contribution in [0.5, 0.6) is 0 Å². The Morgan fingerprint density at radius 3 is 2.57 bits per heavy atom. The van der Waals surface area contributed by atoms with Crippen LogP contribution in [-0.4, -0.2) is 59.1 Å². The van der Waals surface area contributed by atoms with E-state index in [1.54, 1.807) is 12.1 Å². The molecule has 3 aliphatic rings. The number of hydrogen-bond donors (Lipinski definition) is 2. The van der Waals surface area contributed by atoms with Gasteiger partial charge in [0.05, 0.1) is 11.1 Å². The van der Waals surface area contributed by atoms with E-state index in [1.807, 2.05) is 13.1 Å². The van der Waals surface area contributed by atoms with Gasteiger partial charge in [-0.1, -0.05) is 19.4 Å². The number of imide groups is 2. The molecule has 4 amide bonds. The molecule has 0 aromatic heterocycles. The highest BCUT2D eigenvalue weighted by atomic mass is 16.2. The predicted octanol–water partition coefficient (Wildman–Crippen LogP) is 1.04. The molecular weight excluding hydrogens is 384 g/mol. The third-order valence-corrected chi connectivity index (χ3v) is 6.75. The van der Waals surface area contributed by atoms with Gasteiger partial charge in [0.25, 0.3) is 11.8 Å². The lowest BCUT2D eigenvalue weighted by atomic mass is 9.84. The van der Waals surface area contributed by atoms with Crippen molar-refractivity contribution in [3.8, 4) is 0 Å². The number of benzene rings is 1. The van der Waals surface area contributed by atoms with Crippen LogP contribution in [0.25, 0.3) is 0 Å². The number of amides is 4. The van der Waals surface area contributed by atoms with Gasteiger partial charge in [-0.05, 0) is 49.4 Å². The molecule has 4 rings (SSSR count). The summed E-state index contributed by atoms with van der Waals surface area (Å²) in [6.07, 6.45) is 3.58. The summed E-state index contributed by atoms with van der Waals surface area (Å²) in [6, 6.07) is 4.51. The van der Waals surface area contributed by atoms with Gasteiger partial charge in [0.2, 0.25) is 11.8 Å². The molecule has 0 spiro atoms. The number of nitrogens with two attached hydrogens (primary N) is 1. The Labute approximate surface area is 175 Å². The zero-order chi connectivity index (χ0) is 21.6. The summed E-state index contributed by atoms with van der Waals surface area (Å²) >= 11 is 0. The number of piperidine rings is 1. The highest BCUT2D eigenvalue weighted by molar-refractivity contribution is 6.23. The Balaban J connectivity index is 1.49. The molecule has 2 aliphatic heterocycles. The fourth-order valence-corrected chi connectivity index (χ4v) is 5.06. The second-order valence-corrected chi connectivity index (χ2v) is 9.15. The van der Waals surface area contributed by atoms with Crippen molar-refractivity contribution in [2.75, 3.05) is 13.6 Å². The first-order valence-corrected chi connectivity index (χ1v) is 10.5. The normalized spacial score (nSPS) is 29.0. The van der Waals surface area contributed by atoms with E-state index in [-0.39, 0.29) is 30.2 Å². The fraction of sp³-hybridized carbons (Fsp3) is 0.545. The predicted molar refractivity (Wildman–Crippen MR) is 109 cm³/mol. The van der Waals surface area contributed by atoms with Gasteiger partial charge in [-0.15, -0.1) is 0 Å². The van der Waals surface area contributed by atoms with E-state index in [9.17, 15) is 19.2 Å². The topological polar surface area (TPSA) is 113 Å². The standard InChI is InChI=1S/C22H28N4O4/c1-22(9-3-4-17(22)23)12-25(2)11-13-5-6-14-15(10-13)21(30)26(20(14)29)16-7-8-18(27)24-19(16)28/h5-6,10,16-17H,3-4,7-9,11-12,23H2,1-2H3,(H,24,27,28)/t16?,17-,22+/m0/s1. The quantitative estimate of drug-likeness (QED) is 0.699. The van der Waals surface area contributed by atoms with E-state index >= 15 is 0 Å². The molecule has 2 fully saturated rings. The van der Waals surface area contributed by atoms with Crippen LogP contribution in [0.3, 0.4) is 0 Å². The van der Waals surface area contributed by atoms with Crippen molar-refractivity contribution in [1.82, 2.24) is 15.1 Å². The average molecular weight is 412 g/mol. The molecule has 1 saturated carbocycles. The minimum Gasteiger partial charge on any atom is -0.327 e. The summed E-state index contributed by atoms with van der Waals surface area (Å²) in [5.41, 5.74) is 7.94. The monoisotopic (exact) mass is 412 g/mol. The first-order valence-electron chi connectivity index (χ1n) is 10.5. The van der Waals surface area contributed by atoms with E-state index in [1.165, 1.54) is 0 Å².